The Morgan fingerprint density at radius 2 is 2.50 bits per heavy atom. The first-order valence-electron chi connectivity index (χ1n) is 5.85. The molecule has 1 unspecified atom stereocenters. The van der Waals surface area contributed by atoms with Gasteiger partial charge in [-0.15, -0.1) is 0 Å². The van der Waals surface area contributed by atoms with E-state index in [0.717, 1.165) is 19.3 Å². The Morgan fingerprint density at radius 1 is 1.78 bits per heavy atom. The summed E-state index contributed by atoms with van der Waals surface area (Å²) in [5.74, 6) is -0.371. The second kappa shape index (κ2) is 7.20. The minimum atomic E-state index is -0.907. The molecule has 0 aromatic rings. The minimum absolute atomic E-state index is 0.358. The van der Waals surface area contributed by atoms with Crippen molar-refractivity contribution < 1.29 is 9.90 Å². The van der Waals surface area contributed by atoms with Crippen molar-refractivity contribution in [1.82, 2.24) is 0 Å². The van der Waals surface area contributed by atoms with Gasteiger partial charge in [-0.1, -0.05) is 0 Å². The van der Waals surface area contributed by atoms with Crippen LogP contribution in [0.4, 0.5) is 0 Å². The van der Waals surface area contributed by atoms with Crippen LogP contribution in [0.5, 0.6) is 0 Å². The van der Waals surface area contributed by atoms with Crippen LogP contribution in [0.2, 0.25) is 0 Å². The number of carbonyl (C=O) groups is 1. The number of aliphatic carboxylic acids is 1. The fourth-order valence-corrected chi connectivity index (χ4v) is 2.80. The van der Waals surface area contributed by atoms with Crippen LogP contribution in [0.1, 0.15) is 32.6 Å². The quantitative estimate of drug-likeness (QED) is 0.482. The van der Waals surface area contributed by atoms with Crippen LogP contribution in [0.25, 0.3) is 0 Å². The van der Waals surface area contributed by atoms with Crippen molar-refractivity contribution in [2.45, 2.75) is 32.6 Å². The van der Waals surface area contributed by atoms with Crippen LogP contribution in [-0.4, -0.2) is 26.0 Å². The van der Waals surface area contributed by atoms with Crippen molar-refractivity contribution in [3.05, 3.63) is 34.3 Å². The molecule has 18 heavy (non-hydrogen) atoms. The molecule has 0 heterocycles. The van der Waals surface area contributed by atoms with Crippen molar-refractivity contribution in [1.29, 1.82) is 5.26 Å². The third kappa shape index (κ3) is 4.52. The summed E-state index contributed by atoms with van der Waals surface area (Å²) in [7, 11) is 0. The average Bonchev–Trinajstić information content (AvgIpc) is 2.34. The van der Waals surface area contributed by atoms with E-state index in [-0.39, 0.29) is 15.0 Å². The van der Waals surface area contributed by atoms with E-state index in [2.05, 4.69) is 12.7 Å². The molecule has 1 aliphatic rings. The van der Waals surface area contributed by atoms with Crippen molar-refractivity contribution in [3.8, 4) is 4.97 Å². The van der Waals surface area contributed by atoms with Gasteiger partial charge in [0.1, 0.15) is 0 Å². The maximum absolute atomic E-state index is 11.0. The predicted molar refractivity (Wildman–Crippen MR) is 71.9 cm³/mol. The summed E-state index contributed by atoms with van der Waals surface area (Å²) in [4.78, 5) is 14.6. The summed E-state index contributed by atoms with van der Waals surface area (Å²) in [5.41, 5.74) is 2.73. The Kier molecular flexibility index (Phi) is 5.91. The van der Waals surface area contributed by atoms with Gasteiger partial charge in [0.2, 0.25) is 0 Å². The van der Waals surface area contributed by atoms with Crippen LogP contribution in [0, 0.1) is 16.1 Å². The van der Waals surface area contributed by atoms with Crippen molar-refractivity contribution in [2.75, 3.05) is 0 Å². The number of carboxylic acids is 1. The summed E-state index contributed by atoms with van der Waals surface area (Å²) in [5, 5.41) is 17.6. The van der Waals surface area contributed by atoms with Gasteiger partial charge >= 0.3 is 114 Å². The summed E-state index contributed by atoms with van der Waals surface area (Å²) in [6.45, 7) is 6.01. The Labute approximate surface area is 114 Å². The number of hydrogen-bond donors (Lipinski definition) is 1. The molecular weight excluding hydrogens is 293 g/mol. The molecule has 1 atom stereocenters. The molecule has 1 N–H and O–H groups in total. The molecule has 1 aliphatic carbocycles. The third-order valence-corrected chi connectivity index (χ3v) is 4.21. The Balaban J connectivity index is 2.65. The van der Waals surface area contributed by atoms with Crippen LogP contribution in [0.3, 0.4) is 0 Å². The van der Waals surface area contributed by atoms with E-state index in [1.807, 2.05) is 11.9 Å². The molecule has 0 amide bonds. The first-order chi connectivity index (χ1) is 8.54. The van der Waals surface area contributed by atoms with Crippen LogP contribution in [-0.2, 0) is 4.79 Å². The number of allylic oxidation sites excluding steroid dienone is 3. The van der Waals surface area contributed by atoms with Gasteiger partial charge in [0.05, 0.1) is 0 Å². The average molecular weight is 310 g/mol. The van der Waals surface area contributed by atoms with Gasteiger partial charge in [0.15, 0.2) is 0 Å². The molecule has 1 rings (SSSR count). The third-order valence-electron chi connectivity index (χ3n) is 3.15. The van der Waals surface area contributed by atoms with E-state index in [4.69, 9.17) is 10.4 Å². The molecule has 96 valence electrons. The molecule has 4 heteroatoms. The Bertz CT molecular complexity index is 443. The van der Waals surface area contributed by atoms with Crippen molar-refractivity contribution in [2.24, 2.45) is 5.92 Å². The van der Waals surface area contributed by atoms with Crippen LogP contribution >= 0.6 is 0 Å². The molecule has 0 bridgehead atoms. The monoisotopic (exact) mass is 311 g/mol. The molecule has 0 aromatic heterocycles. The molecule has 0 aliphatic heterocycles. The Morgan fingerprint density at radius 3 is 2.94 bits per heavy atom. The second-order valence-electron chi connectivity index (χ2n) is 4.51. The summed E-state index contributed by atoms with van der Waals surface area (Å²) in [6.07, 6.45) is 5.56. The number of carboxylic acid groups (broad SMARTS) is 1. The van der Waals surface area contributed by atoms with Gasteiger partial charge in [-0.05, 0) is 0 Å². The zero-order valence-electron chi connectivity index (χ0n) is 10.5. The van der Waals surface area contributed by atoms with Gasteiger partial charge in [0.25, 0.3) is 0 Å². The van der Waals surface area contributed by atoms with E-state index in [1.54, 1.807) is 4.97 Å². The topological polar surface area (TPSA) is 61.1 Å². The van der Waals surface area contributed by atoms with Crippen molar-refractivity contribution >= 4 is 20.9 Å². The number of nitrogens with zero attached hydrogens (tertiary/aromatic N) is 1. The number of hydrogen-bond acceptors (Lipinski definition) is 2. The first kappa shape index (κ1) is 14.8. The van der Waals surface area contributed by atoms with Crippen LogP contribution in [0.15, 0.2) is 34.3 Å². The van der Waals surface area contributed by atoms with E-state index in [1.165, 1.54) is 11.1 Å². The van der Waals surface area contributed by atoms with Crippen molar-refractivity contribution in [3.63, 3.8) is 0 Å². The molecule has 3 nitrogen and oxygen atoms in total. The van der Waals surface area contributed by atoms with E-state index < -0.39 is 5.97 Å². The van der Waals surface area contributed by atoms with E-state index >= 15 is 0 Å². The van der Waals surface area contributed by atoms with E-state index in [0.29, 0.717) is 17.9 Å². The summed E-state index contributed by atoms with van der Waals surface area (Å²) >= 11 is -0.372. The van der Waals surface area contributed by atoms with Gasteiger partial charge < -0.3 is 0 Å². The molecular formula is C14H17NO2Se. The molecule has 0 spiro atoms. The summed E-state index contributed by atoms with van der Waals surface area (Å²) < 4.78 is 0. The van der Waals surface area contributed by atoms with Gasteiger partial charge in [-0.25, -0.2) is 0 Å². The van der Waals surface area contributed by atoms with Crippen LogP contribution < -0.4 is 0 Å². The molecule has 0 saturated heterocycles. The zero-order chi connectivity index (χ0) is 13.5. The van der Waals surface area contributed by atoms with Gasteiger partial charge in [-0.2, -0.15) is 0 Å². The molecule has 0 fully saturated rings. The standard InChI is InChI=1S/C14H17NO2Se/c1-10(2)12-5-3-11(4-6-12)7-13(14(16)17)8-18-9-15/h3,8,12H,1,4-7H2,2H3,(H,16,17)/b13-8-. The summed E-state index contributed by atoms with van der Waals surface area (Å²) in [6, 6.07) is 0. The fraction of sp³-hybridized carbons (Fsp3) is 0.429. The maximum atomic E-state index is 11.0. The number of nitriles is 1. The fourth-order valence-electron chi connectivity index (χ4n) is 2.01. The molecule has 0 saturated carbocycles. The Hall–Kier alpha value is -1.30. The predicted octanol–water partition coefficient (Wildman–Crippen LogP) is 2.83. The second-order valence-corrected chi connectivity index (χ2v) is 5.89. The van der Waals surface area contributed by atoms with E-state index in [9.17, 15) is 4.79 Å². The molecule has 0 radical (unpaired) electrons. The van der Waals surface area contributed by atoms with Gasteiger partial charge in [-0.3, -0.25) is 0 Å². The molecule has 0 aromatic carbocycles. The van der Waals surface area contributed by atoms with Gasteiger partial charge in [0, 0.05) is 0 Å². The SMILES string of the molecule is C=C(C)C1CC=C(C/C(=C/[Se]C#N)C(=O)O)CC1. The first-order valence-corrected chi connectivity index (χ1v) is 7.69. The normalized spacial score (nSPS) is 19.9. The number of rotatable bonds is 5. The zero-order valence-corrected chi connectivity index (χ0v) is 12.2.